The summed E-state index contributed by atoms with van der Waals surface area (Å²) < 4.78 is 14.1. The molecular formula is C22H28Br2Cl2N2O2. The van der Waals surface area contributed by atoms with Crippen molar-refractivity contribution in [1.82, 2.24) is 10.2 Å². The summed E-state index contributed by atoms with van der Waals surface area (Å²) in [5, 5.41) is 3.47. The molecule has 1 saturated heterocycles. The third kappa shape index (κ3) is 6.12. The van der Waals surface area contributed by atoms with Crippen LogP contribution in [0.25, 0.3) is 0 Å². The number of nitrogens with zero attached hydrogens (tertiary/aromatic N) is 1. The molecule has 1 aliphatic heterocycles. The minimum atomic E-state index is 0. The first-order chi connectivity index (χ1) is 13.6. The van der Waals surface area contributed by atoms with Crippen LogP contribution in [0.5, 0.6) is 5.75 Å². The number of nitrogens with one attached hydrogen (secondary N) is 1. The predicted octanol–water partition coefficient (Wildman–Crippen LogP) is 5.54. The number of ether oxygens (including phenoxy) is 2. The van der Waals surface area contributed by atoms with E-state index in [1.54, 1.807) is 7.11 Å². The molecule has 0 spiro atoms. The van der Waals surface area contributed by atoms with Gasteiger partial charge in [-0.3, -0.25) is 4.90 Å². The SMILES string of the molecule is COc1ccc2c(c1)CC[C@@H](OCc1cc(Br)cc(Br)c1)[C@@H]2N1CCNCC1.Cl.Cl. The summed E-state index contributed by atoms with van der Waals surface area (Å²) in [5.41, 5.74) is 3.98. The van der Waals surface area contributed by atoms with Gasteiger partial charge in [0.25, 0.3) is 0 Å². The molecule has 1 aliphatic carbocycles. The Hall–Kier alpha value is -0.340. The summed E-state index contributed by atoms with van der Waals surface area (Å²) in [6.45, 7) is 4.80. The molecule has 166 valence electrons. The van der Waals surface area contributed by atoms with Crippen LogP contribution in [0.1, 0.15) is 29.2 Å². The van der Waals surface area contributed by atoms with Gasteiger partial charge in [-0.15, -0.1) is 24.8 Å². The van der Waals surface area contributed by atoms with Crippen LogP contribution < -0.4 is 10.1 Å². The molecule has 1 N–H and O–H groups in total. The summed E-state index contributed by atoms with van der Waals surface area (Å²) in [6, 6.07) is 13.1. The van der Waals surface area contributed by atoms with Gasteiger partial charge in [0.15, 0.2) is 0 Å². The highest BCUT2D eigenvalue weighted by atomic mass is 79.9. The van der Waals surface area contributed by atoms with Crippen molar-refractivity contribution in [2.24, 2.45) is 0 Å². The fraction of sp³-hybridized carbons (Fsp3) is 0.455. The van der Waals surface area contributed by atoms with Crippen LogP contribution in [0.3, 0.4) is 0 Å². The van der Waals surface area contributed by atoms with Crippen molar-refractivity contribution in [2.75, 3.05) is 33.3 Å². The summed E-state index contributed by atoms with van der Waals surface area (Å²) in [7, 11) is 1.74. The number of benzene rings is 2. The van der Waals surface area contributed by atoms with E-state index in [-0.39, 0.29) is 30.9 Å². The van der Waals surface area contributed by atoms with Gasteiger partial charge < -0.3 is 14.8 Å². The molecular weight excluding hydrogens is 555 g/mol. The third-order valence-corrected chi connectivity index (χ3v) is 6.57. The van der Waals surface area contributed by atoms with Crippen molar-refractivity contribution in [3.8, 4) is 5.75 Å². The van der Waals surface area contributed by atoms with E-state index in [1.807, 2.05) is 0 Å². The maximum Gasteiger partial charge on any atom is 0.119 e. The molecule has 2 atom stereocenters. The van der Waals surface area contributed by atoms with Crippen LogP contribution in [0.15, 0.2) is 45.3 Å². The largest absolute Gasteiger partial charge is 0.497 e. The van der Waals surface area contributed by atoms with E-state index in [9.17, 15) is 0 Å². The smallest absolute Gasteiger partial charge is 0.119 e. The molecule has 1 fully saturated rings. The molecule has 0 amide bonds. The summed E-state index contributed by atoms with van der Waals surface area (Å²) in [6.07, 6.45) is 2.25. The molecule has 0 unspecified atom stereocenters. The Labute approximate surface area is 208 Å². The maximum atomic E-state index is 6.52. The van der Waals surface area contributed by atoms with E-state index in [0.29, 0.717) is 12.6 Å². The van der Waals surface area contributed by atoms with Gasteiger partial charge >= 0.3 is 0 Å². The van der Waals surface area contributed by atoms with E-state index < -0.39 is 0 Å². The van der Waals surface area contributed by atoms with Crippen LogP contribution in [-0.4, -0.2) is 44.3 Å². The average molecular weight is 583 g/mol. The first-order valence-electron chi connectivity index (χ1n) is 9.82. The third-order valence-electron chi connectivity index (χ3n) is 5.65. The molecule has 8 heteroatoms. The molecule has 0 radical (unpaired) electrons. The van der Waals surface area contributed by atoms with Gasteiger partial charge in [0.1, 0.15) is 5.75 Å². The van der Waals surface area contributed by atoms with Crippen molar-refractivity contribution >= 4 is 56.7 Å². The molecule has 1 heterocycles. The quantitative estimate of drug-likeness (QED) is 0.502. The highest BCUT2D eigenvalue weighted by Gasteiger charge is 2.35. The molecule has 30 heavy (non-hydrogen) atoms. The maximum absolute atomic E-state index is 6.52. The van der Waals surface area contributed by atoms with E-state index in [1.165, 1.54) is 16.7 Å². The number of methoxy groups -OCH3 is 1. The van der Waals surface area contributed by atoms with Gasteiger partial charge in [-0.05, 0) is 59.9 Å². The van der Waals surface area contributed by atoms with Crippen molar-refractivity contribution in [1.29, 1.82) is 0 Å². The van der Waals surface area contributed by atoms with E-state index in [2.05, 4.69) is 78.5 Å². The molecule has 0 aromatic heterocycles. The number of rotatable bonds is 5. The minimum absolute atomic E-state index is 0. The van der Waals surface area contributed by atoms with Gasteiger partial charge in [-0.2, -0.15) is 0 Å². The van der Waals surface area contributed by atoms with Crippen LogP contribution >= 0.6 is 56.7 Å². The van der Waals surface area contributed by atoms with Gasteiger partial charge in [0, 0.05) is 35.1 Å². The molecule has 2 aromatic carbocycles. The van der Waals surface area contributed by atoms with Crippen LogP contribution in [0.4, 0.5) is 0 Å². The fourth-order valence-electron chi connectivity index (χ4n) is 4.33. The Balaban J connectivity index is 0.00000160. The second-order valence-electron chi connectivity index (χ2n) is 7.46. The Morgan fingerprint density at radius 1 is 1.03 bits per heavy atom. The zero-order valence-corrected chi connectivity index (χ0v) is 21.7. The summed E-state index contributed by atoms with van der Waals surface area (Å²) >= 11 is 7.15. The Kier molecular flexibility index (Phi) is 10.4. The number of piperazine rings is 1. The lowest BCUT2D eigenvalue weighted by Crippen LogP contribution is -2.49. The number of hydrogen-bond acceptors (Lipinski definition) is 4. The van der Waals surface area contributed by atoms with E-state index in [4.69, 9.17) is 9.47 Å². The first kappa shape index (κ1) is 25.9. The van der Waals surface area contributed by atoms with Crippen molar-refractivity contribution in [3.63, 3.8) is 0 Å². The molecule has 2 aromatic rings. The first-order valence-corrected chi connectivity index (χ1v) is 11.4. The van der Waals surface area contributed by atoms with Crippen molar-refractivity contribution in [3.05, 3.63) is 62.0 Å². The normalized spacial score (nSPS) is 21.2. The standard InChI is InChI=1S/C22H26Br2N2O2.2ClH/c1-27-19-3-4-20-16(12-19)2-5-21(22(20)26-8-6-25-7-9-26)28-14-15-10-17(23)13-18(24)11-15;;/h3-4,10-13,21-22,25H,2,5-9,14H2,1H3;2*1H/t21-,22-;;/m1../s1. The highest BCUT2D eigenvalue weighted by molar-refractivity contribution is 9.11. The second kappa shape index (κ2) is 12.0. The number of aryl methyl sites for hydroxylation is 1. The van der Waals surface area contributed by atoms with E-state index >= 15 is 0 Å². The molecule has 0 bridgehead atoms. The molecule has 2 aliphatic rings. The van der Waals surface area contributed by atoms with Gasteiger partial charge in [-0.25, -0.2) is 0 Å². The minimum Gasteiger partial charge on any atom is -0.497 e. The predicted molar refractivity (Wildman–Crippen MR) is 133 cm³/mol. The molecule has 0 saturated carbocycles. The number of fused-ring (bicyclic) bond motifs is 1. The zero-order valence-electron chi connectivity index (χ0n) is 16.9. The van der Waals surface area contributed by atoms with Gasteiger partial charge in [0.05, 0.1) is 25.9 Å². The lowest BCUT2D eigenvalue weighted by atomic mass is 9.84. The monoisotopic (exact) mass is 580 g/mol. The van der Waals surface area contributed by atoms with Gasteiger partial charge in [0.2, 0.25) is 0 Å². The number of halogens is 4. The van der Waals surface area contributed by atoms with Crippen LogP contribution in [0.2, 0.25) is 0 Å². The molecule has 4 rings (SSSR count). The summed E-state index contributed by atoms with van der Waals surface area (Å²) in [5.74, 6) is 0.941. The fourth-order valence-corrected chi connectivity index (χ4v) is 5.72. The van der Waals surface area contributed by atoms with Crippen LogP contribution in [-0.2, 0) is 17.8 Å². The highest BCUT2D eigenvalue weighted by Crippen LogP contribution is 2.38. The van der Waals surface area contributed by atoms with Crippen molar-refractivity contribution < 1.29 is 9.47 Å². The van der Waals surface area contributed by atoms with Gasteiger partial charge in [-0.1, -0.05) is 37.9 Å². The Bertz CT molecular complexity index is 815. The molecule has 4 nitrogen and oxygen atoms in total. The Morgan fingerprint density at radius 2 is 1.73 bits per heavy atom. The average Bonchev–Trinajstić information content (AvgIpc) is 2.71. The second-order valence-corrected chi connectivity index (χ2v) is 9.29. The lowest BCUT2D eigenvalue weighted by molar-refractivity contribution is -0.0378. The topological polar surface area (TPSA) is 33.7 Å². The summed E-state index contributed by atoms with van der Waals surface area (Å²) in [4.78, 5) is 2.59. The van der Waals surface area contributed by atoms with Crippen molar-refractivity contribution in [2.45, 2.75) is 31.6 Å². The number of hydrogen-bond donors (Lipinski definition) is 1. The Morgan fingerprint density at radius 3 is 2.40 bits per heavy atom. The van der Waals surface area contributed by atoms with E-state index in [0.717, 1.165) is 53.7 Å². The zero-order chi connectivity index (χ0) is 19.5. The van der Waals surface area contributed by atoms with Crippen LogP contribution in [0, 0.1) is 0 Å². The lowest BCUT2D eigenvalue weighted by Gasteiger charge is -2.42.